The second-order valence-electron chi connectivity index (χ2n) is 18.4. The predicted molar refractivity (Wildman–Crippen MR) is 273 cm³/mol. The number of aliphatic hydroxyl groups excluding tert-OH is 3. The molecular formula is C46H79N17O13. The van der Waals surface area contributed by atoms with Crippen LogP contribution in [0.5, 0.6) is 0 Å². The van der Waals surface area contributed by atoms with Gasteiger partial charge in [-0.1, -0.05) is 40.5 Å². The summed E-state index contributed by atoms with van der Waals surface area (Å²) in [5.41, 5.74) is 22.9. The van der Waals surface area contributed by atoms with Crippen molar-refractivity contribution in [2.24, 2.45) is 39.8 Å². The maximum absolute atomic E-state index is 14.4. The number of aromatic amines is 2. The number of aliphatic carboxylic acids is 1. The van der Waals surface area contributed by atoms with Gasteiger partial charge < -0.3 is 95.9 Å². The summed E-state index contributed by atoms with van der Waals surface area (Å²) in [5.74, 6) is -10.2. The lowest BCUT2D eigenvalue weighted by molar-refractivity contribution is -0.142. The molecule has 0 unspecified atom stereocenters. The Kier molecular flexibility index (Phi) is 28.7. The van der Waals surface area contributed by atoms with Crippen LogP contribution in [0.4, 0.5) is 0 Å². The number of carbonyl (C=O) groups excluding carboxylic acids is 8. The van der Waals surface area contributed by atoms with Gasteiger partial charge in [0.15, 0.2) is 5.96 Å². The molecule has 22 N–H and O–H groups in total. The first-order chi connectivity index (χ1) is 36.0. The summed E-state index contributed by atoms with van der Waals surface area (Å²) in [7, 11) is 0. The van der Waals surface area contributed by atoms with Crippen molar-refractivity contribution in [2.45, 2.75) is 153 Å². The van der Waals surface area contributed by atoms with Gasteiger partial charge in [0.05, 0.1) is 32.0 Å². The summed E-state index contributed by atoms with van der Waals surface area (Å²) in [6, 6.07) is -13.2. The number of unbranched alkanes of at least 4 members (excludes halogenated alkanes) is 1. The molecule has 2 aromatic rings. The number of aliphatic hydroxyl groups is 3. The van der Waals surface area contributed by atoms with Crippen LogP contribution in [-0.2, 0) is 56.0 Å². The average Bonchev–Trinajstić information content (AvgIpc) is 4.12. The molecular weight excluding hydrogens is 999 g/mol. The highest BCUT2D eigenvalue weighted by Gasteiger charge is 2.38. The summed E-state index contributed by atoms with van der Waals surface area (Å²) in [4.78, 5) is 140. The number of hydrogen-bond acceptors (Lipinski definition) is 17. The highest BCUT2D eigenvalue weighted by Crippen LogP contribution is 2.14. The number of nitrogens with zero attached hydrogens (tertiary/aromatic N) is 3. The van der Waals surface area contributed by atoms with Crippen LogP contribution < -0.4 is 65.5 Å². The molecule has 2 heterocycles. The molecule has 8 amide bonds. The first kappa shape index (κ1) is 64.8. The van der Waals surface area contributed by atoms with Gasteiger partial charge in [0.25, 0.3) is 0 Å². The molecule has 0 saturated carbocycles. The van der Waals surface area contributed by atoms with Crippen molar-refractivity contribution in [3.05, 3.63) is 36.4 Å². The number of H-pyrrole nitrogens is 2. The maximum atomic E-state index is 14.4. The number of carbonyl (C=O) groups is 9. The normalized spacial score (nSPS) is 15.9. The van der Waals surface area contributed by atoms with Crippen LogP contribution in [0.15, 0.2) is 30.0 Å². The van der Waals surface area contributed by atoms with Crippen molar-refractivity contribution in [3.63, 3.8) is 0 Å². The van der Waals surface area contributed by atoms with E-state index in [0.29, 0.717) is 37.1 Å². The van der Waals surface area contributed by atoms with E-state index in [-0.39, 0.29) is 51.2 Å². The third kappa shape index (κ3) is 21.9. The topological polar surface area (TPSA) is 505 Å². The predicted octanol–water partition coefficient (Wildman–Crippen LogP) is -6.15. The summed E-state index contributed by atoms with van der Waals surface area (Å²) < 4.78 is 0. The smallest absolute Gasteiger partial charge is 0.326 e. The van der Waals surface area contributed by atoms with E-state index in [1.54, 1.807) is 27.7 Å². The molecule has 0 aromatic carbocycles. The first-order valence-electron chi connectivity index (χ1n) is 25.0. The van der Waals surface area contributed by atoms with Crippen LogP contribution >= 0.6 is 0 Å². The highest BCUT2D eigenvalue weighted by molar-refractivity contribution is 5.98. The second-order valence-corrected chi connectivity index (χ2v) is 18.4. The molecule has 0 saturated heterocycles. The summed E-state index contributed by atoms with van der Waals surface area (Å²) in [6.45, 7) is 6.54. The molecule has 30 heteroatoms. The molecule has 2 aromatic heterocycles. The van der Waals surface area contributed by atoms with Gasteiger partial charge in [0.1, 0.15) is 54.4 Å². The monoisotopic (exact) mass is 1080 g/mol. The molecule has 0 radical (unpaired) electrons. The molecule has 0 spiro atoms. The van der Waals surface area contributed by atoms with Gasteiger partial charge in [-0.05, 0) is 57.4 Å². The summed E-state index contributed by atoms with van der Waals surface area (Å²) >= 11 is 0. The van der Waals surface area contributed by atoms with Gasteiger partial charge in [-0.25, -0.2) is 14.8 Å². The second kappa shape index (κ2) is 33.6. The van der Waals surface area contributed by atoms with Crippen molar-refractivity contribution in [2.75, 3.05) is 26.3 Å². The number of carboxylic acids is 1. The Balaban J connectivity index is 2.45. The molecule has 0 aliphatic rings. The van der Waals surface area contributed by atoms with E-state index in [9.17, 15) is 63.6 Å². The zero-order valence-corrected chi connectivity index (χ0v) is 43.5. The molecule has 0 fully saturated rings. The number of hydrogen-bond donors (Lipinski definition) is 18. The Labute approximate surface area is 439 Å². The number of nitrogens with one attached hydrogen (secondary N) is 10. The zero-order chi connectivity index (χ0) is 57.1. The Morgan fingerprint density at radius 2 is 1.00 bits per heavy atom. The zero-order valence-electron chi connectivity index (χ0n) is 43.5. The SMILES string of the molecule is CC[C@H](C)[C@H](NC(=O)[C@H](CCCN=C(N)N)NC(=O)[C@H](Cc1cnc[nH]1)NC(=O)[C@@H](NC(=O)[C@@H](NC(=O)[C@H](CCCCN)NC(=O)[C@H](CO)NC(=O)[C@@H](N)CO)[C@@H](C)CC)[C@@H](C)O)C(=O)N[C@@H](Cc1cnc[nH]1)C(=O)O. The number of rotatable bonds is 36. The lowest BCUT2D eigenvalue weighted by Crippen LogP contribution is -2.63. The Morgan fingerprint density at radius 3 is 1.43 bits per heavy atom. The maximum Gasteiger partial charge on any atom is 0.326 e. The Bertz CT molecular complexity index is 2190. The third-order valence-corrected chi connectivity index (χ3v) is 12.4. The number of aromatic nitrogens is 4. The number of carboxylic acid groups (broad SMARTS) is 1. The molecule has 76 heavy (non-hydrogen) atoms. The van der Waals surface area contributed by atoms with Gasteiger partial charge in [-0.2, -0.15) is 0 Å². The van der Waals surface area contributed by atoms with Crippen molar-refractivity contribution in [1.29, 1.82) is 0 Å². The molecule has 30 nitrogen and oxygen atoms in total. The molecule has 0 aliphatic heterocycles. The quantitative estimate of drug-likeness (QED) is 0.0171. The van der Waals surface area contributed by atoms with Gasteiger partial charge in [0.2, 0.25) is 47.3 Å². The van der Waals surface area contributed by atoms with Crippen molar-refractivity contribution in [3.8, 4) is 0 Å². The number of aliphatic imine (C=N–C) groups is 1. The van der Waals surface area contributed by atoms with Crippen molar-refractivity contribution in [1.82, 2.24) is 62.5 Å². The summed E-state index contributed by atoms with van der Waals surface area (Å²) in [6.07, 6.45) is 4.77. The number of amides is 8. The van der Waals surface area contributed by atoms with E-state index in [0.717, 1.165) is 0 Å². The highest BCUT2D eigenvalue weighted by atomic mass is 16.4. The fourth-order valence-corrected chi connectivity index (χ4v) is 7.36. The number of nitrogens with two attached hydrogens (primary N) is 4. The largest absolute Gasteiger partial charge is 0.480 e. The van der Waals surface area contributed by atoms with Gasteiger partial charge in [-0.15, -0.1) is 0 Å². The average molecular weight is 1080 g/mol. The van der Waals surface area contributed by atoms with Gasteiger partial charge in [-0.3, -0.25) is 43.3 Å². The molecule has 2 rings (SSSR count). The van der Waals surface area contributed by atoms with E-state index in [1.807, 2.05) is 0 Å². The number of guanidine groups is 1. The minimum Gasteiger partial charge on any atom is -0.480 e. The van der Waals surface area contributed by atoms with Crippen molar-refractivity contribution < 1.29 is 63.6 Å². The van der Waals surface area contributed by atoms with E-state index < -0.39 is 139 Å². The fraction of sp³-hybridized carbons (Fsp3) is 0.652. The van der Waals surface area contributed by atoms with E-state index >= 15 is 0 Å². The molecule has 426 valence electrons. The summed E-state index contributed by atoms with van der Waals surface area (Å²) in [5, 5.41) is 60.0. The van der Waals surface area contributed by atoms with Crippen LogP contribution in [0.25, 0.3) is 0 Å². The third-order valence-electron chi connectivity index (χ3n) is 12.4. The van der Waals surface area contributed by atoms with E-state index in [1.165, 1.54) is 32.0 Å². The minimum absolute atomic E-state index is 0.00256. The fourth-order valence-electron chi connectivity index (χ4n) is 7.36. The molecule has 12 atom stereocenters. The minimum atomic E-state index is -1.77. The van der Waals surface area contributed by atoms with Crippen LogP contribution in [0.2, 0.25) is 0 Å². The van der Waals surface area contributed by atoms with Crippen LogP contribution in [0.3, 0.4) is 0 Å². The molecule has 0 bridgehead atoms. The van der Waals surface area contributed by atoms with E-state index in [4.69, 9.17) is 22.9 Å². The lowest BCUT2D eigenvalue weighted by Gasteiger charge is -2.30. The van der Waals surface area contributed by atoms with Crippen molar-refractivity contribution >= 4 is 59.2 Å². The van der Waals surface area contributed by atoms with Gasteiger partial charge >= 0.3 is 5.97 Å². The first-order valence-corrected chi connectivity index (χ1v) is 25.0. The number of imidazole rings is 2. The Morgan fingerprint density at radius 1 is 0.579 bits per heavy atom. The van der Waals surface area contributed by atoms with Gasteiger partial charge in [0, 0.05) is 43.2 Å². The van der Waals surface area contributed by atoms with Crippen LogP contribution in [-0.4, -0.2) is 186 Å². The standard InChI is InChI=1S/C46H79N17O13/c1-6-23(3)34(42(72)59-32(45(75)76)16-27-18-52-22-55-27)61-39(69)30(12-10-14-53-46(49)50)56-40(70)31(15-26-17-51-21-54-26)58-44(74)36(25(5)66)63-43(73)35(24(4)7-2)62-38(68)29(11-8-9-13-47)57-41(71)33(20-65)60-37(67)28(48)19-64/h17-18,21-25,28-36,64-66H,6-16,19-20,47-48H2,1-5H3,(H,51,54)(H,52,55)(H,56,70)(H,57,71)(H,58,74)(H,59,72)(H,60,67)(H,61,69)(H,62,68)(H,63,73)(H,75,76)(H4,49,50,53)/t23-,24-,25+,28-,29-,30-,31-,32-,33-,34-,35-,36-/m0/s1. The lowest BCUT2D eigenvalue weighted by atomic mass is 9.96. The Hall–Kier alpha value is -7.28. The molecule has 0 aliphatic carbocycles. The van der Waals surface area contributed by atoms with Crippen LogP contribution in [0, 0.1) is 11.8 Å². The van der Waals surface area contributed by atoms with Crippen LogP contribution in [0.1, 0.15) is 91.0 Å². The van der Waals surface area contributed by atoms with E-state index in [2.05, 4.69) is 67.5 Å².